The number of carbonyl (C=O) groups is 2. The molecule has 0 saturated heterocycles. The molecule has 28 heavy (non-hydrogen) atoms. The van der Waals surface area contributed by atoms with E-state index >= 15 is 0 Å². The lowest BCUT2D eigenvalue weighted by Crippen LogP contribution is -2.21. The van der Waals surface area contributed by atoms with Crippen LogP contribution in [0.3, 0.4) is 0 Å². The summed E-state index contributed by atoms with van der Waals surface area (Å²) in [6.07, 6.45) is 0. The van der Waals surface area contributed by atoms with Gasteiger partial charge in [-0.2, -0.15) is 0 Å². The third-order valence-electron chi connectivity index (χ3n) is 4.60. The fourth-order valence-electron chi connectivity index (χ4n) is 3.20. The van der Waals surface area contributed by atoms with Crippen LogP contribution in [-0.4, -0.2) is 23.1 Å². The van der Waals surface area contributed by atoms with Crippen molar-refractivity contribution >= 4 is 17.6 Å². The molecule has 0 unspecified atom stereocenters. The number of nitrogens with zero attached hydrogens (tertiary/aromatic N) is 1. The van der Waals surface area contributed by atoms with Crippen molar-refractivity contribution < 1.29 is 14.3 Å². The van der Waals surface area contributed by atoms with E-state index in [2.05, 4.69) is 9.88 Å². The van der Waals surface area contributed by atoms with E-state index in [0.29, 0.717) is 11.3 Å². The van der Waals surface area contributed by atoms with E-state index in [9.17, 15) is 9.59 Å². The van der Waals surface area contributed by atoms with Crippen molar-refractivity contribution in [1.82, 2.24) is 4.57 Å². The van der Waals surface area contributed by atoms with Gasteiger partial charge in [0.15, 0.2) is 6.61 Å². The minimum atomic E-state index is -0.528. The van der Waals surface area contributed by atoms with E-state index < -0.39 is 5.97 Å². The normalized spacial score (nSPS) is 10.6. The number of ether oxygens (including phenoxy) is 1. The average molecular weight is 376 g/mol. The van der Waals surface area contributed by atoms with Crippen molar-refractivity contribution in [2.75, 3.05) is 11.9 Å². The van der Waals surface area contributed by atoms with Crippen LogP contribution < -0.4 is 5.32 Å². The number of hydrogen-bond acceptors (Lipinski definition) is 3. The SMILES string of the molecule is Cc1ccc(NC(=O)COC(=O)c2cccc(-n3c(C)ccc3C)c2)c(C)c1. The van der Waals surface area contributed by atoms with Gasteiger partial charge in [0.25, 0.3) is 5.91 Å². The molecule has 0 aliphatic rings. The summed E-state index contributed by atoms with van der Waals surface area (Å²) < 4.78 is 7.26. The van der Waals surface area contributed by atoms with Crippen molar-refractivity contribution in [3.05, 3.63) is 82.7 Å². The maximum Gasteiger partial charge on any atom is 0.338 e. The number of benzene rings is 2. The van der Waals surface area contributed by atoms with Gasteiger partial charge in [-0.1, -0.05) is 23.8 Å². The Morgan fingerprint density at radius 3 is 2.32 bits per heavy atom. The molecule has 3 aromatic rings. The molecule has 0 bridgehead atoms. The van der Waals surface area contributed by atoms with Gasteiger partial charge in [-0.05, 0) is 69.7 Å². The molecule has 0 aliphatic heterocycles. The fraction of sp³-hybridized carbons (Fsp3) is 0.217. The van der Waals surface area contributed by atoms with Crippen LogP contribution in [0.5, 0.6) is 0 Å². The predicted molar refractivity (Wildman–Crippen MR) is 110 cm³/mol. The van der Waals surface area contributed by atoms with Gasteiger partial charge in [0.05, 0.1) is 5.56 Å². The van der Waals surface area contributed by atoms with Crippen molar-refractivity contribution in [1.29, 1.82) is 0 Å². The highest BCUT2D eigenvalue weighted by Gasteiger charge is 2.13. The van der Waals surface area contributed by atoms with Crippen LogP contribution in [0.25, 0.3) is 5.69 Å². The number of aryl methyl sites for hydroxylation is 4. The van der Waals surface area contributed by atoms with Crippen LogP contribution in [0.1, 0.15) is 32.9 Å². The summed E-state index contributed by atoms with van der Waals surface area (Å²) >= 11 is 0. The molecule has 5 heteroatoms. The lowest BCUT2D eigenvalue weighted by Gasteiger charge is -2.12. The maximum absolute atomic E-state index is 12.4. The van der Waals surface area contributed by atoms with Gasteiger partial charge in [0, 0.05) is 22.8 Å². The largest absolute Gasteiger partial charge is 0.452 e. The third-order valence-corrected chi connectivity index (χ3v) is 4.60. The Bertz CT molecular complexity index is 1010. The van der Waals surface area contributed by atoms with Crippen LogP contribution in [-0.2, 0) is 9.53 Å². The number of amides is 1. The number of nitrogens with one attached hydrogen (secondary N) is 1. The molecule has 1 N–H and O–H groups in total. The Hall–Kier alpha value is -3.34. The second kappa shape index (κ2) is 8.13. The van der Waals surface area contributed by atoms with Crippen molar-refractivity contribution in [2.45, 2.75) is 27.7 Å². The first-order chi connectivity index (χ1) is 13.3. The first kappa shape index (κ1) is 19.4. The minimum Gasteiger partial charge on any atom is -0.452 e. The van der Waals surface area contributed by atoms with E-state index in [0.717, 1.165) is 28.2 Å². The van der Waals surface area contributed by atoms with Crippen molar-refractivity contribution in [3.8, 4) is 5.69 Å². The Labute approximate surface area is 165 Å². The van der Waals surface area contributed by atoms with Crippen LogP contribution >= 0.6 is 0 Å². The molecule has 1 heterocycles. The van der Waals surface area contributed by atoms with Crippen molar-refractivity contribution in [3.63, 3.8) is 0 Å². The molecular formula is C23H24N2O3. The zero-order valence-corrected chi connectivity index (χ0v) is 16.6. The van der Waals surface area contributed by atoms with Gasteiger partial charge < -0.3 is 14.6 Å². The summed E-state index contributed by atoms with van der Waals surface area (Å²) in [5.74, 6) is -0.895. The summed E-state index contributed by atoms with van der Waals surface area (Å²) in [5.41, 5.74) is 6.25. The van der Waals surface area contributed by atoms with E-state index in [4.69, 9.17) is 4.74 Å². The van der Waals surface area contributed by atoms with E-state index in [-0.39, 0.29) is 12.5 Å². The zero-order valence-electron chi connectivity index (χ0n) is 16.6. The predicted octanol–water partition coefficient (Wildman–Crippen LogP) is 4.51. The molecule has 0 spiro atoms. The molecule has 144 valence electrons. The standard InChI is InChI=1S/C23H24N2O3/c1-15-8-11-21(16(2)12-15)24-22(26)14-28-23(27)19-6-5-7-20(13-19)25-17(3)9-10-18(25)4/h5-13H,14H2,1-4H3,(H,24,26). The summed E-state index contributed by atoms with van der Waals surface area (Å²) in [6.45, 7) is 7.60. The van der Waals surface area contributed by atoms with Gasteiger partial charge in [-0.25, -0.2) is 4.79 Å². The number of anilines is 1. The first-order valence-corrected chi connectivity index (χ1v) is 9.15. The minimum absolute atomic E-state index is 0.335. The summed E-state index contributed by atoms with van der Waals surface area (Å²) in [6, 6.07) is 17.0. The molecule has 2 aromatic carbocycles. The molecule has 0 radical (unpaired) electrons. The highest BCUT2D eigenvalue weighted by molar-refractivity contribution is 5.96. The quantitative estimate of drug-likeness (QED) is 0.667. The molecular weight excluding hydrogens is 352 g/mol. The average Bonchev–Trinajstić information content (AvgIpc) is 3.00. The van der Waals surface area contributed by atoms with Crippen LogP contribution in [0.4, 0.5) is 5.69 Å². The molecule has 0 saturated carbocycles. The monoisotopic (exact) mass is 376 g/mol. The fourth-order valence-corrected chi connectivity index (χ4v) is 3.20. The number of rotatable bonds is 5. The van der Waals surface area contributed by atoms with E-state index in [1.807, 2.05) is 64.1 Å². The van der Waals surface area contributed by atoms with Gasteiger partial charge >= 0.3 is 5.97 Å². The molecule has 0 atom stereocenters. The molecule has 5 nitrogen and oxygen atoms in total. The molecule has 1 aromatic heterocycles. The second-order valence-corrected chi connectivity index (χ2v) is 6.94. The summed E-state index contributed by atoms with van der Waals surface area (Å²) in [7, 11) is 0. The second-order valence-electron chi connectivity index (χ2n) is 6.94. The maximum atomic E-state index is 12.4. The molecule has 0 fully saturated rings. The molecule has 3 rings (SSSR count). The Morgan fingerprint density at radius 1 is 0.929 bits per heavy atom. The molecule has 0 aliphatic carbocycles. The number of aromatic nitrogens is 1. The van der Waals surface area contributed by atoms with Crippen LogP contribution in [0, 0.1) is 27.7 Å². The number of esters is 1. The zero-order chi connectivity index (χ0) is 20.3. The highest BCUT2D eigenvalue weighted by atomic mass is 16.5. The Kier molecular flexibility index (Phi) is 5.64. The summed E-state index contributed by atoms with van der Waals surface area (Å²) in [4.78, 5) is 24.5. The van der Waals surface area contributed by atoms with E-state index in [1.165, 1.54) is 0 Å². The van der Waals surface area contributed by atoms with Crippen molar-refractivity contribution in [2.24, 2.45) is 0 Å². The third kappa shape index (κ3) is 4.31. The van der Waals surface area contributed by atoms with Crippen LogP contribution in [0.2, 0.25) is 0 Å². The first-order valence-electron chi connectivity index (χ1n) is 9.15. The smallest absolute Gasteiger partial charge is 0.338 e. The van der Waals surface area contributed by atoms with Gasteiger partial charge in [-0.3, -0.25) is 4.79 Å². The van der Waals surface area contributed by atoms with Gasteiger partial charge in [0.2, 0.25) is 0 Å². The van der Waals surface area contributed by atoms with Crippen LogP contribution in [0.15, 0.2) is 54.6 Å². The van der Waals surface area contributed by atoms with Gasteiger partial charge in [-0.15, -0.1) is 0 Å². The van der Waals surface area contributed by atoms with Gasteiger partial charge in [0.1, 0.15) is 0 Å². The highest BCUT2D eigenvalue weighted by Crippen LogP contribution is 2.18. The van der Waals surface area contributed by atoms with E-state index in [1.54, 1.807) is 18.2 Å². The lowest BCUT2D eigenvalue weighted by atomic mass is 10.1. The summed E-state index contributed by atoms with van der Waals surface area (Å²) in [5, 5.41) is 2.77. The Balaban J connectivity index is 1.65. The Morgan fingerprint density at radius 2 is 1.64 bits per heavy atom. The molecule has 1 amide bonds. The number of carbonyl (C=O) groups excluding carboxylic acids is 2. The topological polar surface area (TPSA) is 60.3 Å². The number of hydrogen-bond donors (Lipinski definition) is 1. The lowest BCUT2D eigenvalue weighted by molar-refractivity contribution is -0.119.